The number of anilines is 1. The van der Waals surface area contributed by atoms with Crippen LogP contribution < -0.4 is 11.1 Å². The quantitative estimate of drug-likeness (QED) is 0.898. The van der Waals surface area contributed by atoms with Crippen LogP contribution in [0, 0.1) is 0 Å². The van der Waals surface area contributed by atoms with Crippen LogP contribution in [0.4, 0.5) is 15.3 Å². The number of carbonyl (C=O) groups is 2. The summed E-state index contributed by atoms with van der Waals surface area (Å²) in [6, 6.07) is 6.10. The first kappa shape index (κ1) is 17.3. The molecule has 0 bridgehead atoms. The Labute approximate surface area is 129 Å². The van der Waals surface area contributed by atoms with Gasteiger partial charge in [0.1, 0.15) is 5.60 Å². The zero-order valence-electron chi connectivity index (χ0n) is 12.4. The van der Waals surface area contributed by atoms with Crippen LogP contribution in [-0.2, 0) is 4.74 Å². The van der Waals surface area contributed by atoms with Gasteiger partial charge in [-0.3, -0.25) is 0 Å². The van der Waals surface area contributed by atoms with Gasteiger partial charge in [0.05, 0.1) is 10.7 Å². The first-order valence-electron chi connectivity index (χ1n) is 6.50. The molecule has 21 heavy (non-hydrogen) atoms. The number of ether oxygens (including phenoxy) is 1. The summed E-state index contributed by atoms with van der Waals surface area (Å²) in [6.45, 7) is 5.34. The Morgan fingerprint density at radius 3 is 2.48 bits per heavy atom. The molecule has 1 rings (SSSR count). The molecular weight excluding hydrogens is 294 g/mol. The molecule has 0 fully saturated rings. The molecule has 7 heteroatoms. The van der Waals surface area contributed by atoms with Crippen LogP contribution in [-0.4, -0.2) is 35.7 Å². The van der Waals surface area contributed by atoms with Crippen molar-refractivity contribution in [3.05, 3.63) is 29.3 Å². The van der Waals surface area contributed by atoms with Crippen LogP contribution in [0.3, 0.4) is 0 Å². The Morgan fingerprint density at radius 2 is 1.95 bits per heavy atom. The Hall–Kier alpha value is -1.79. The maximum Gasteiger partial charge on any atom is 0.418 e. The van der Waals surface area contributed by atoms with Gasteiger partial charge in [0, 0.05) is 13.1 Å². The Morgan fingerprint density at radius 1 is 1.33 bits per heavy atom. The van der Waals surface area contributed by atoms with E-state index in [1.807, 2.05) is 0 Å². The van der Waals surface area contributed by atoms with Gasteiger partial charge >= 0.3 is 12.1 Å². The fourth-order valence-corrected chi connectivity index (χ4v) is 1.65. The molecule has 0 aromatic heterocycles. The number of urea groups is 1. The highest BCUT2D eigenvalue weighted by atomic mass is 35.5. The topological polar surface area (TPSA) is 84.7 Å². The van der Waals surface area contributed by atoms with Crippen molar-refractivity contribution in [1.82, 2.24) is 4.90 Å². The second-order valence-electron chi connectivity index (χ2n) is 5.33. The lowest BCUT2D eigenvalue weighted by atomic mass is 10.2. The average molecular weight is 314 g/mol. The number of amides is 3. The predicted molar refractivity (Wildman–Crippen MR) is 82.5 cm³/mol. The largest absolute Gasteiger partial charge is 0.443 e. The predicted octanol–water partition coefficient (Wildman–Crippen LogP) is 3.07. The molecule has 3 N–H and O–H groups in total. The third kappa shape index (κ3) is 5.61. The molecule has 0 spiro atoms. The second-order valence-corrected chi connectivity index (χ2v) is 5.74. The monoisotopic (exact) mass is 313 g/mol. The van der Waals surface area contributed by atoms with Gasteiger partial charge in [0.2, 0.25) is 0 Å². The number of nitrogens with one attached hydrogen (secondary N) is 1. The van der Waals surface area contributed by atoms with Gasteiger partial charge in [-0.2, -0.15) is 0 Å². The number of imide groups is 1. The zero-order valence-corrected chi connectivity index (χ0v) is 13.1. The maximum absolute atomic E-state index is 12.2. The summed E-state index contributed by atoms with van der Waals surface area (Å²) in [5.41, 5.74) is 5.15. The van der Waals surface area contributed by atoms with E-state index in [9.17, 15) is 9.59 Å². The summed E-state index contributed by atoms with van der Waals surface area (Å²) in [6.07, 6.45) is -0.752. The van der Waals surface area contributed by atoms with Crippen molar-refractivity contribution < 1.29 is 14.3 Å². The van der Waals surface area contributed by atoms with Crippen molar-refractivity contribution in [2.75, 3.05) is 18.4 Å². The molecule has 0 aliphatic rings. The lowest BCUT2D eigenvalue weighted by Gasteiger charge is -2.26. The van der Waals surface area contributed by atoms with Gasteiger partial charge in [0.15, 0.2) is 0 Å². The summed E-state index contributed by atoms with van der Waals surface area (Å²) >= 11 is 5.96. The summed E-state index contributed by atoms with van der Waals surface area (Å²) in [4.78, 5) is 25.1. The summed E-state index contributed by atoms with van der Waals surface area (Å²) in [5.74, 6) is 0. The van der Waals surface area contributed by atoms with Crippen molar-refractivity contribution in [1.29, 1.82) is 0 Å². The third-order valence-corrected chi connectivity index (χ3v) is 2.66. The van der Waals surface area contributed by atoms with Gasteiger partial charge in [-0.05, 0) is 32.9 Å². The van der Waals surface area contributed by atoms with Crippen molar-refractivity contribution >= 4 is 29.4 Å². The second kappa shape index (κ2) is 7.28. The summed E-state index contributed by atoms with van der Waals surface area (Å²) in [5, 5.41) is 2.94. The highest BCUT2D eigenvalue weighted by Crippen LogP contribution is 2.21. The minimum Gasteiger partial charge on any atom is -0.443 e. The van der Waals surface area contributed by atoms with E-state index in [0.29, 0.717) is 10.7 Å². The van der Waals surface area contributed by atoms with Crippen LogP contribution in [0.5, 0.6) is 0 Å². The van der Waals surface area contributed by atoms with E-state index in [0.717, 1.165) is 4.90 Å². The standard InChI is InChI=1S/C14H20ClN3O3/c1-14(2,3)21-13(20)18(9-8-16)12(19)17-11-7-5-4-6-10(11)15/h4-7H,8-9,16H2,1-3H3,(H,17,19). The Kier molecular flexibility index (Phi) is 5.99. The molecular formula is C14H20ClN3O3. The first-order valence-corrected chi connectivity index (χ1v) is 6.88. The fraction of sp³-hybridized carbons (Fsp3) is 0.429. The number of benzene rings is 1. The van der Waals surface area contributed by atoms with Gasteiger partial charge < -0.3 is 15.8 Å². The number of halogens is 1. The molecule has 6 nitrogen and oxygen atoms in total. The molecule has 1 aromatic rings. The van der Waals surface area contributed by atoms with Crippen LogP contribution in [0.25, 0.3) is 0 Å². The summed E-state index contributed by atoms with van der Waals surface area (Å²) < 4.78 is 5.18. The number of nitrogens with zero attached hydrogens (tertiary/aromatic N) is 1. The molecule has 0 heterocycles. The van der Waals surface area contributed by atoms with Crippen LogP contribution in [0.15, 0.2) is 24.3 Å². The molecule has 0 aliphatic carbocycles. The molecule has 0 saturated heterocycles. The van der Waals surface area contributed by atoms with Crippen LogP contribution >= 0.6 is 11.6 Å². The Bertz CT molecular complexity index is 514. The van der Waals surface area contributed by atoms with Crippen molar-refractivity contribution in [2.45, 2.75) is 26.4 Å². The van der Waals surface area contributed by atoms with Crippen molar-refractivity contribution in [2.24, 2.45) is 5.73 Å². The molecule has 0 atom stereocenters. The normalized spacial score (nSPS) is 10.9. The van der Waals surface area contributed by atoms with E-state index in [4.69, 9.17) is 22.1 Å². The molecule has 3 amide bonds. The Balaban J connectivity index is 2.83. The smallest absolute Gasteiger partial charge is 0.418 e. The minimum atomic E-state index is -0.752. The van der Waals surface area contributed by atoms with Crippen LogP contribution in [0.2, 0.25) is 5.02 Å². The van der Waals surface area contributed by atoms with Gasteiger partial charge in [-0.1, -0.05) is 23.7 Å². The van der Waals surface area contributed by atoms with Crippen molar-refractivity contribution in [3.63, 3.8) is 0 Å². The van der Waals surface area contributed by atoms with E-state index in [2.05, 4.69) is 5.32 Å². The van der Waals surface area contributed by atoms with Crippen LogP contribution in [0.1, 0.15) is 20.8 Å². The van der Waals surface area contributed by atoms with Gasteiger partial charge in [-0.25, -0.2) is 14.5 Å². The number of hydrogen-bond acceptors (Lipinski definition) is 4. The number of hydrogen-bond donors (Lipinski definition) is 2. The molecule has 0 unspecified atom stereocenters. The third-order valence-electron chi connectivity index (χ3n) is 2.33. The number of carbonyl (C=O) groups excluding carboxylic acids is 2. The number of rotatable bonds is 3. The molecule has 1 aromatic carbocycles. The number of nitrogens with two attached hydrogens (primary N) is 1. The zero-order chi connectivity index (χ0) is 16.0. The lowest BCUT2D eigenvalue weighted by Crippen LogP contribution is -2.45. The first-order chi connectivity index (χ1) is 9.74. The van der Waals surface area contributed by atoms with E-state index in [-0.39, 0.29) is 13.1 Å². The lowest BCUT2D eigenvalue weighted by molar-refractivity contribution is 0.0337. The highest BCUT2D eigenvalue weighted by Gasteiger charge is 2.27. The molecule has 0 saturated carbocycles. The van der Waals surface area contributed by atoms with E-state index < -0.39 is 17.7 Å². The van der Waals surface area contributed by atoms with Crippen molar-refractivity contribution in [3.8, 4) is 0 Å². The molecule has 0 radical (unpaired) electrons. The summed E-state index contributed by atoms with van der Waals surface area (Å²) in [7, 11) is 0. The molecule has 116 valence electrons. The van der Waals surface area contributed by atoms with E-state index in [1.165, 1.54) is 0 Å². The fourth-order valence-electron chi connectivity index (χ4n) is 1.47. The van der Waals surface area contributed by atoms with E-state index >= 15 is 0 Å². The highest BCUT2D eigenvalue weighted by molar-refractivity contribution is 6.33. The van der Waals surface area contributed by atoms with E-state index in [1.54, 1.807) is 45.0 Å². The van der Waals surface area contributed by atoms with Gasteiger partial charge in [-0.15, -0.1) is 0 Å². The number of para-hydroxylation sites is 1. The maximum atomic E-state index is 12.2. The minimum absolute atomic E-state index is 0.0468. The van der Waals surface area contributed by atoms with Gasteiger partial charge in [0.25, 0.3) is 0 Å². The molecule has 0 aliphatic heterocycles. The average Bonchev–Trinajstić information content (AvgIpc) is 2.36. The SMILES string of the molecule is CC(C)(C)OC(=O)N(CCN)C(=O)Nc1ccccc1Cl.